The zero-order valence-electron chi connectivity index (χ0n) is 8.86. The van der Waals surface area contributed by atoms with Crippen molar-refractivity contribution in [2.45, 2.75) is 33.6 Å². The number of carboxylic acids is 2. The maximum atomic E-state index is 10.8. The first kappa shape index (κ1) is 12.9. The van der Waals surface area contributed by atoms with E-state index in [9.17, 15) is 9.59 Å². The molecular weight excluding hydrogens is 184 g/mol. The van der Waals surface area contributed by atoms with Crippen molar-refractivity contribution in [2.75, 3.05) is 0 Å². The molecule has 0 fully saturated rings. The molecule has 0 spiro atoms. The summed E-state index contributed by atoms with van der Waals surface area (Å²) in [6, 6.07) is 0. The Hall–Kier alpha value is -1.06. The molecule has 0 bridgehead atoms. The molecule has 2 unspecified atom stereocenters. The van der Waals surface area contributed by atoms with Crippen LogP contribution in [0.5, 0.6) is 0 Å². The lowest BCUT2D eigenvalue weighted by molar-refractivity contribution is -0.158. The molecule has 0 amide bonds. The van der Waals surface area contributed by atoms with Crippen molar-refractivity contribution >= 4 is 11.9 Å². The number of hydrogen-bond acceptors (Lipinski definition) is 2. The van der Waals surface area contributed by atoms with Gasteiger partial charge in [0.05, 0.1) is 0 Å². The van der Waals surface area contributed by atoms with Crippen LogP contribution in [0.1, 0.15) is 33.6 Å². The van der Waals surface area contributed by atoms with Crippen LogP contribution in [0.15, 0.2) is 0 Å². The second kappa shape index (κ2) is 5.62. The van der Waals surface area contributed by atoms with E-state index < -0.39 is 17.9 Å². The largest absolute Gasteiger partial charge is 0.481 e. The monoisotopic (exact) mass is 202 g/mol. The molecule has 0 aliphatic heterocycles. The molecule has 0 aliphatic carbocycles. The van der Waals surface area contributed by atoms with Crippen LogP contribution >= 0.6 is 0 Å². The normalized spacial score (nSPS) is 15.1. The minimum absolute atomic E-state index is 0.122. The number of carbonyl (C=O) groups is 2. The van der Waals surface area contributed by atoms with Gasteiger partial charge in [-0.2, -0.15) is 0 Å². The molecule has 82 valence electrons. The van der Waals surface area contributed by atoms with Crippen molar-refractivity contribution in [3.05, 3.63) is 0 Å². The van der Waals surface area contributed by atoms with E-state index in [0.29, 0.717) is 6.42 Å². The highest BCUT2D eigenvalue weighted by molar-refractivity contribution is 5.93. The molecule has 0 heterocycles. The van der Waals surface area contributed by atoms with E-state index in [1.807, 2.05) is 20.8 Å². The fourth-order valence-electron chi connectivity index (χ4n) is 1.74. The van der Waals surface area contributed by atoms with E-state index in [2.05, 4.69) is 0 Å². The van der Waals surface area contributed by atoms with Crippen LogP contribution < -0.4 is 0 Å². The third kappa shape index (κ3) is 3.01. The third-order valence-corrected chi connectivity index (χ3v) is 2.81. The summed E-state index contributed by atoms with van der Waals surface area (Å²) in [7, 11) is 0. The van der Waals surface area contributed by atoms with E-state index in [-0.39, 0.29) is 11.8 Å². The van der Waals surface area contributed by atoms with Gasteiger partial charge in [0.15, 0.2) is 5.92 Å². The highest BCUT2D eigenvalue weighted by atomic mass is 16.4. The van der Waals surface area contributed by atoms with Gasteiger partial charge in [0, 0.05) is 0 Å². The first-order valence-electron chi connectivity index (χ1n) is 4.91. The Morgan fingerprint density at radius 3 is 1.71 bits per heavy atom. The Kier molecular flexibility index (Phi) is 5.20. The van der Waals surface area contributed by atoms with Crippen LogP contribution in [-0.4, -0.2) is 22.2 Å². The molecule has 0 aromatic heterocycles. The molecule has 0 saturated carbocycles. The van der Waals surface area contributed by atoms with Gasteiger partial charge in [-0.25, -0.2) is 0 Å². The third-order valence-electron chi connectivity index (χ3n) is 2.81. The standard InChI is InChI=1S/C10H18O4/c1-4-6(3)7(5-2)8(9(11)12)10(13)14/h6-8H,4-5H2,1-3H3,(H,11,12)(H,13,14). The van der Waals surface area contributed by atoms with Crippen LogP contribution in [0, 0.1) is 17.8 Å². The van der Waals surface area contributed by atoms with E-state index in [0.717, 1.165) is 6.42 Å². The van der Waals surface area contributed by atoms with Crippen molar-refractivity contribution in [3.8, 4) is 0 Å². The van der Waals surface area contributed by atoms with Crippen molar-refractivity contribution in [2.24, 2.45) is 17.8 Å². The average molecular weight is 202 g/mol. The maximum absolute atomic E-state index is 10.8. The van der Waals surface area contributed by atoms with Gasteiger partial charge in [-0.05, 0) is 11.8 Å². The van der Waals surface area contributed by atoms with Crippen molar-refractivity contribution in [3.63, 3.8) is 0 Å². The lowest BCUT2D eigenvalue weighted by atomic mass is 9.79. The lowest BCUT2D eigenvalue weighted by Gasteiger charge is -2.24. The second-order valence-electron chi connectivity index (χ2n) is 3.61. The second-order valence-corrected chi connectivity index (χ2v) is 3.61. The van der Waals surface area contributed by atoms with Crippen LogP contribution in [0.4, 0.5) is 0 Å². The molecule has 4 heteroatoms. The van der Waals surface area contributed by atoms with E-state index >= 15 is 0 Å². The molecule has 2 atom stereocenters. The fraction of sp³-hybridized carbons (Fsp3) is 0.800. The van der Waals surface area contributed by atoms with E-state index in [1.54, 1.807) is 0 Å². The lowest BCUT2D eigenvalue weighted by Crippen LogP contribution is -2.34. The molecule has 0 rings (SSSR count). The summed E-state index contributed by atoms with van der Waals surface area (Å²) in [5, 5.41) is 17.6. The van der Waals surface area contributed by atoms with Gasteiger partial charge in [-0.3, -0.25) is 9.59 Å². The minimum Gasteiger partial charge on any atom is -0.481 e. The molecule has 0 radical (unpaired) electrons. The zero-order valence-corrected chi connectivity index (χ0v) is 8.86. The van der Waals surface area contributed by atoms with Crippen LogP contribution in [0.3, 0.4) is 0 Å². The summed E-state index contributed by atoms with van der Waals surface area (Å²) in [6.45, 7) is 5.66. The first-order chi connectivity index (χ1) is 6.45. The molecule has 14 heavy (non-hydrogen) atoms. The van der Waals surface area contributed by atoms with E-state index in [4.69, 9.17) is 10.2 Å². The number of carboxylic acid groups (broad SMARTS) is 2. The molecule has 0 aromatic carbocycles. The predicted molar refractivity (Wildman–Crippen MR) is 52.0 cm³/mol. The quantitative estimate of drug-likeness (QED) is 0.644. The number of hydrogen-bond donors (Lipinski definition) is 2. The Labute approximate surface area is 83.9 Å². The Balaban J connectivity index is 4.76. The van der Waals surface area contributed by atoms with Gasteiger partial charge in [0.25, 0.3) is 0 Å². The molecule has 0 aliphatic rings. The minimum atomic E-state index is -1.27. The molecule has 2 N–H and O–H groups in total. The summed E-state index contributed by atoms with van der Waals surface area (Å²) >= 11 is 0. The Morgan fingerprint density at radius 2 is 1.50 bits per heavy atom. The number of aliphatic carboxylic acids is 2. The van der Waals surface area contributed by atoms with Crippen LogP contribution in [0.25, 0.3) is 0 Å². The number of rotatable bonds is 6. The zero-order chi connectivity index (χ0) is 11.3. The van der Waals surface area contributed by atoms with Gasteiger partial charge < -0.3 is 10.2 Å². The van der Waals surface area contributed by atoms with Crippen LogP contribution in [0.2, 0.25) is 0 Å². The van der Waals surface area contributed by atoms with Gasteiger partial charge >= 0.3 is 11.9 Å². The highest BCUT2D eigenvalue weighted by Crippen LogP contribution is 2.27. The summed E-state index contributed by atoms with van der Waals surface area (Å²) < 4.78 is 0. The van der Waals surface area contributed by atoms with Gasteiger partial charge in [0.2, 0.25) is 0 Å². The van der Waals surface area contributed by atoms with Crippen molar-refractivity contribution < 1.29 is 19.8 Å². The predicted octanol–water partition coefficient (Wildman–Crippen LogP) is 1.84. The van der Waals surface area contributed by atoms with Crippen molar-refractivity contribution in [1.82, 2.24) is 0 Å². The average Bonchev–Trinajstić information content (AvgIpc) is 2.11. The van der Waals surface area contributed by atoms with E-state index in [1.165, 1.54) is 0 Å². The van der Waals surface area contributed by atoms with Crippen molar-refractivity contribution in [1.29, 1.82) is 0 Å². The molecule has 0 saturated heterocycles. The van der Waals surface area contributed by atoms with Gasteiger partial charge in [-0.15, -0.1) is 0 Å². The molecular formula is C10H18O4. The topological polar surface area (TPSA) is 74.6 Å². The molecule has 0 aromatic rings. The Bertz CT molecular complexity index is 198. The summed E-state index contributed by atoms with van der Waals surface area (Å²) in [5.41, 5.74) is 0. The van der Waals surface area contributed by atoms with Gasteiger partial charge in [-0.1, -0.05) is 33.6 Å². The summed E-state index contributed by atoms with van der Waals surface area (Å²) in [5.74, 6) is -3.89. The first-order valence-corrected chi connectivity index (χ1v) is 4.91. The maximum Gasteiger partial charge on any atom is 0.318 e. The Morgan fingerprint density at radius 1 is 1.07 bits per heavy atom. The van der Waals surface area contributed by atoms with Gasteiger partial charge in [0.1, 0.15) is 0 Å². The highest BCUT2D eigenvalue weighted by Gasteiger charge is 2.36. The van der Waals surface area contributed by atoms with Crippen LogP contribution in [-0.2, 0) is 9.59 Å². The summed E-state index contributed by atoms with van der Waals surface area (Å²) in [6.07, 6.45) is 1.38. The smallest absolute Gasteiger partial charge is 0.318 e. The fourth-order valence-corrected chi connectivity index (χ4v) is 1.74. The molecule has 4 nitrogen and oxygen atoms in total. The summed E-state index contributed by atoms with van der Waals surface area (Å²) in [4.78, 5) is 21.6. The SMILES string of the molecule is CCC(C)C(CC)C(C(=O)O)C(=O)O.